The van der Waals surface area contributed by atoms with Gasteiger partial charge in [0.2, 0.25) is 10.0 Å². The van der Waals surface area contributed by atoms with Crippen molar-refractivity contribution in [2.45, 2.75) is 44.4 Å². The van der Waals surface area contributed by atoms with Crippen molar-refractivity contribution >= 4 is 15.7 Å². The van der Waals surface area contributed by atoms with Crippen molar-refractivity contribution in [2.75, 3.05) is 12.3 Å². The molecule has 1 saturated carbocycles. The average Bonchev–Trinajstić information content (AvgIpc) is 2.74. The lowest BCUT2D eigenvalue weighted by molar-refractivity contribution is 0.336. The molecule has 1 aliphatic carbocycles. The van der Waals surface area contributed by atoms with Crippen molar-refractivity contribution in [3.63, 3.8) is 0 Å². The number of hydrogen-bond donors (Lipinski definition) is 2. The first-order valence-corrected chi connectivity index (χ1v) is 8.17. The molecule has 0 saturated heterocycles. The van der Waals surface area contributed by atoms with Crippen molar-refractivity contribution in [3.8, 4) is 0 Å². The van der Waals surface area contributed by atoms with Crippen molar-refractivity contribution in [1.82, 2.24) is 4.72 Å². The van der Waals surface area contributed by atoms with Crippen molar-refractivity contribution < 1.29 is 8.42 Å². The summed E-state index contributed by atoms with van der Waals surface area (Å²) in [7, 11) is -3.52. The molecule has 2 rings (SSSR count). The molecule has 1 aromatic rings. The van der Waals surface area contributed by atoms with Crippen LogP contribution in [0.25, 0.3) is 0 Å². The SMILES string of the molecule is Cc1cccc(N)c1S(=O)(=O)NCC1(C)CCCC1. The van der Waals surface area contributed by atoms with Gasteiger partial charge in [-0.15, -0.1) is 0 Å². The number of aryl methyl sites for hydroxylation is 1. The second kappa shape index (κ2) is 5.13. The van der Waals surface area contributed by atoms with Crippen LogP contribution in [0.1, 0.15) is 38.2 Å². The third-order valence-corrected chi connectivity index (χ3v) is 5.63. The third-order valence-electron chi connectivity index (χ3n) is 4.01. The Kier molecular flexibility index (Phi) is 3.87. The highest BCUT2D eigenvalue weighted by atomic mass is 32.2. The van der Waals surface area contributed by atoms with E-state index in [-0.39, 0.29) is 10.3 Å². The van der Waals surface area contributed by atoms with Gasteiger partial charge in [-0.05, 0) is 36.8 Å². The van der Waals surface area contributed by atoms with Crippen LogP contribution in [0.4, 0.5) is 5.69 Å². The minimum absolute atomic E-state index is 0.0878. The highest BCUT2D eigenvalue weighted by Gasteiger charge is 2.31. The molecule has 1 aromatic carbocycles. The van der Waals surface area contributed by atoms with Crippen LogP contribution in [0, 0.1) is 12.3 Å². The van der Waals surface area contributed by atoms with Crippen LogP contribution in [0.5, 0.6) is 0 Å². The molecule has 0 atom stereocenters. The molecule has 4 nitrogen and oxygen atoms in total. The summed E-state index contributed by atoms with van der Waals surface area (Å²) in [6.07, 6.45) is 4.53. The van der Waals surface area contributed by atoms with Gasteiger partial charge in [0.1, 0.15) is 4.90 Å². The Hall–Kier alpha value is -1.07. The highest BCUT2D eigenvalue weighted by Crippen LogP contribution is 2.37. The van der Waals surface area contributed by atoms with Crippen LogP contribution in [0.3, 0.4) is 0 Å². The minimum atomic E-state index is -3.52. The average molecular weight is 282 g/mol. The van der Waals surface area contributed by atoms with E-state index in [1.807, 2.05) is 0 Å². The number of nitrogens with one attached hydrogen (secondary N) is 1. The van der Waals surface area contributed by atoms with Crippen molar-refractivity contribution in [1.29, 1.82) is 0 Å². The molecule has 106 valence electrons. The molecular weight excluding hydrogens is 260 g/mol. The summed E-state index contributed by atoms with van der Waals surface area (Å²) in [5, 5.41) is 0. The Labute approximate surface area is 115 Å². The van der Waals surface area contributed by atoms with E-state index in [9.17, 15) is 8.42 Å². The van der Waals surface area contributed by atoms with Crippen molar-refractivity contribution in [2.24, 2.45) is 5.41 Å². The van der Waals surface area contributed by atoms with E-state index in [4.69, 9.17) is 5.73 Å². The normalized spacial score (nSPS) is 18.6. The van der Waals surface area contributed by atoms with Crippen molar-refractivity contribution in [3.05, 3.63) is 23.8 Å². The highest BCUT2D eigenvalue weighted by molar-refractivity contribution is 7.89. The minimum Gasteiger partial charge on any atom is -0.398 e. The largest absolute Gasteiger partial charge is 0.398 e. The van der Waals surface area contributed by atoms with Crippen LogP contribution < -0.4 is 10.5 Å². The molecule has 0 amide bonds. The Morgan fingerprint density at radius 2 is 1.95 bits per heavy atom. The molecule has 0 bridgehead atoms. The molecule has 5 heteroatoms. The second-order valence-electron chi connectivity index (χ2n) is 5.84. The molecule has 0 spiro atoms. The van der Waals surface area contributed by atoms with E-state index in [1.54, 1.807) is 25.1 Å². The number of nitrogens with two attached hydrogens (primary N) is 1. The fraction of sp³-hybridized carbons (Fsp3) is 0.571. The van der Waals surface area contributed by atoms with Crippen LogP contribution in [0.15, 0.2) is 23.1 Å². The van der Waals surface area contributed by atoms with Gasteiger partial charge in [-0.25, -0.2) is 13.1 Å². The van der Waals surface area contributed by atoms with E-state index < -0.39 is 10.0 Å². The van der Waals surface area contributed by atoms with E-state index in [0.29, 0.717) is 17.8 Å². The van der Waals surface area contributed by atoms with Crippen LogP contribution in [0.2, 0.25) is 0 Å². The van der Waals surface area contributed by atoms with Gasteiger partial charge in [-0.3, -0.25) is 0 Å². The Bertz CT molecular complexity index is 541. The number of anilines is 1. The molecule has 0 aromatic heterocycles. The van der Waals surface area contributed by atoms with Gasteiger partial charge < -0.3 is 5.73 Å². The summed E-state index contributed by atoms with van der Waals surface area (Å²) < 4.78 is 27.5. The molecule has 0 unspecified atom stereocenters. The zero-order chi connectivity index (χ0) is 14.1. The standard InChI is InChI=1S/C14H22N2O2S/c1-11-6-5-7-12(15)13(11)19(17,18)16-10-14(2)8-3-4-9-14/h5-7,16H,3-4,8-10,15H2,1-2H3. The predicted octanol–water partition coefficient (Wildman–Crippen LogP) is 2.44. The van der Waals surface area contributed by atoms with E-state index >= 15 is 0 Å². The number of sulfonamides is 1. The maximum absolute atomic E-state index is 12.4. The topological polar surface area (TPSA) is 72.2 Å². The van der Waals surface area contributed by atoms with E-state index in [1.165, 1.54) is 12.8 Å². The van der Waals surface area contributed by atoms with Gasteiger partial charge in [-0.1, -0.05) is 31.9 Å². The maximum Gasteiger partial charge on any atom is 0.242 e. The number of hydrogen-bond acceptors (Lipinski definition) is 3. The predicted molar refractivity (Wildman–Crippen MR) is 77.4 cm³/mol. The zero-order valence-electron chi connectivity index (χ0n) is 11.6. The lowest BCUT2D eigenvalue weighted by Crippen LogP contribution is -2.34. The zero-order valence-corrected chi connectivity index (χ0v) is 12.4. The lowest BCUT2D eigenvalue weighted by Gasteiger charge is -2.24. The first kappa shape index (κ1) is 14.3. The fourth-order valence-electron chi connectivity index (χ4n) is 2.79. The molecule has 3 N–H and O–H groups in total. The van der Waals surface area contributed by atoms with Gasteiger partial charge in [0.05, 0.1) is 5.69 Å². The number of nitrogen functional groups attached to an aromatic ring is 1. The quantitative estimate of drug-likeness (QED) is 0.833. The van der Waals surface area contributed by atoms with Gasteiger partial charge in [0.15, 0.2) is 0 Å². The Morgan fingerprint density at radius 3 is 2.53 bits per heavy atom. The summed E-state index contributed by atoms with van der Waals surface area (Å²) in [6, 6.07) is 5.16. The molecule has 1 fully saturated rings. The smallest absolute Gasteiger partial charge is 0.242 e. The first-order chi connectivity index (χ1) is 8.84. The van der Waals surface area contributed by atoms with Crippen LogP contribution >= 0.6 is 0 Å². The Balaban J connectivity index is 2.19. The lowest BCUT2D eigenvalue weighted by atomic mass is 9.89. The number of benzene rings is 1. The summed E-state index contributed by atoms with van der Waals surface area (Å²) in [6.45, 7) is 4.40. The van der Waals surface area contributed by atoms with E-state index in [2.05, 4.69) is 11.6 Å². The van der Waals surface area contributed by atoms with Gasteiger partial charge in [-0.2, -0.15) is 0 Å². The maximum atomic E-state index is 12.4. The fourth-order valence-corrected chi connectivity index (χ4v) is 4.34. The molecule has 1 aliphatic rings. The molecular formula is C14H22N2O2S. The monoisotopic (exact) mass is 282 g/mol. The summed E-state index contributed by atoms with van der Waals surface area (Å²) in [5.74, 6) is 0. The Morgan fingerprint density at radius 1 is 1.32 bits per heavy atom. The van der Waals surface area contributed by atoms with Gasteiger partial charge >= 0.3 is 0 Å². The van der Waals surface area contributed by atoms with Gasteiger partial charge in [0.25, 0.3) is 0 Å². The first-order valence-electron chi connectivity index (χ1n) is 6.69. The second-order valence-corrected chi connectivity index (χ2v) is 7.54. The summed E-state index contributed by atoms with van der Waals surface area (Å²) in [4.78, 5) is 0.219. The summed E-state index contributed by atoms with van der Waals surface area (Å²) in [5.41, 5.74) is 6.89. The van der Waals surface area contributed by atoms with E-state index in [0.717, 1.165) is 12.8 Å². The number of rotatable bonds is 4. The van der Waals surface area contributed by atoms with Crippen LogP contribution in [-0.2, 0) is 10.0 Å². The molecule has 0 heterocycles. The third kappa shape index (κ3) is 3.09. The molecule has 0 radical (unpaired) electrons. The molecule has 19 heavy (non-hydrogen) atoms. The van der Waals surface area contributed by atoms with Crippen LogP contribution in [-0.4, -0.2) is 15.0 Å². The molecule has 0 aliphatic heterocycles. The van der Waals surface area contributed by atoms with Gasteiger partial charge in [0, 0.05) is 6.54 Å². The summed E-state index contributed by atoms with van der Waals surface area (Å²) >= 11 is 0.